The Morgan fingerprint density at radius 3 is 1.92 bits per heavy atom. The second-order valence-corrected chi connectivity index (χ2v) is 4.81. The van der Waals surface area contributed by atoms with Crippen molar-refractivity contribution < 1.29 is 19.1 Å². The molecule has 0 spiro atoms. The number of ether oxygens (including phenoxy) is 2. The minimum atomic E-state index is -0.407. The summed E-state index contributed by atoms with van der Waals surface area (Å²) < 4.78 is 10.1. The zero-order valence-electron chi connectivity index (χ0n) is 13.5. The first-order chi connectivity index (χ1) is 11.6. The van der Waals surface area contributed by atoms with E-state index in [-0.39, 0.29) is 12.5 Å². The van der Waals surface area contributed by atoms with Gasteiger partial charge in [-0.3, -0.25) is 20.4 Å². The summed E-state index contributed by atoms with van der Waals surface area (Å²) in [6, 6.07) is 13.7. The van der Waals surface area contributed by atoms with Crippen LogP contribution in [0.4, 0.5) is 5.69 Å². The molecule has 3 N–H and O–H groups in total. The molecular weight excluding hydrogens is 310 g/mol. The second-order valence-electron chi connectivity index (χ2n) is 4.81. The number of benzene rings is 2. The van der Waals surface area contributed by atoms with Crippen LogP contribution in [0.25, 0.3) is 0 Å². The average Bonchev–Trinajstić information content (AvgIpc) is 2.64. The molecule has 7 heteroatoms. The molecule has 0 heterocycles. The smallest absolute Gasteiger partial charge is 0.269 e. The molecule has 0 aliphatic carbocycles. The number of hydrazine groups is 1. The Hall–Kier alpha value is -3.22. The topological polar surface area (TPSA) is 88.7 Å². The highest BCUT2D eigenvalue weighted by Crippen LogP contribution is 2.14. The van der Waals surface area contributed by atoms with Gasteiger partial charge in [-0.2, -0.15) is 0 Å². The standard InChI is InChI=1S/C17H19N3O4/c1-23-14-7-3-12(4-8-14)17(22)20-19-16(21)11-18-13-5-9-15(24-2)10-6-13/h3-10,18H,11H2,1-2H3,(H,19,21)(H,20,22). The fourth-order valence-electron chi connectivity index (χ4n) is 1.88. The molecule has 2 amide bonds. The molecule has 0 saturated heterocycles. The lowest BCUT2D eigenvalue weighted by molar-refractivity contribution is -0.120. The lowest BCUT2D eigenvalue weighted by Crippen LogP contribution is -2.44. The number of carbonyl (C=O) groups is 2. The van der Waals surface area contributed by atoms with Gasteiger partial charge in [0.05, 0.1) is 20.8 Å². The Bertz CT molecular complexity index is 684. The number of hydrogen-bond donors (Lipinski definition) is 3. The molecule has 126 valence electrons. The van der Waals surface area contributed by atoms with Crippen LogP contribution in [-0.2, 0) is 4.79 Å². The van der Waals surface area contributed by atoms with Gasteiger partial charge in [-0.1, -0.05) is 0 Å². The van der Waals surface area contributed by atoms with Gasteiger partial charge in [-0.15, -0.1) is 0 Å². The first-order valence-electron chi connectivity index (χ1n) is 7.23. The predicted molar refractivity (Wildman–Crippen MR) is 90.1 cm³/mol. The van der Waals surface area contributed by atoms with Crippen molar-refractivity contribution in [2.75, 3.05) is 26.1 Å². The maximum atomic E-state index is 11.9. The highest BCUT2D eigenvalue weighted by atomic mass is 16.5. The normalized spacial score (nSPS) is 9.75. The summed E-state index contributed by atoms with van der Waals surface area (Å²) in [5, 5.41) is 2.94. The molecule has 7 nitrogen and oxygen atoms in total. The molecule has 2 rings (SSSR count). The van der Waals surface area contributed by atoms with E-state index in [0.717, 1.165) is 11.4 Å². The highest BCUT2D eigenvalue weighted by Gasteiger charge is 2.07. The number of nitrogens with one attached hydrogen (secondary N) is 3. The number of methoxy groups -OCH3 is 2. The number of rotatable bonds is 6. The zero-order chi connectivity index (χ0) is 17.4. The highest BCUT2D eigenvalue weighted by molar-refractivity contribution is 5.95. The lowest BCUT2D eigenvalue weighted by atomic mass is 10.2. The minimum Gasteiger partial charge on any atom is -0.497 e. The quantitative estimate of drug-likeness (QED) is 0.700. The summed E-state index contributed by atoms with van der Waals surface area (Å²) in [4.78, 5) is 23.6. The van der Waals surface area contributed by atoms with E-state index in [1.165, 1.54) is 0 Å². The number of hydrogen-bond acceptors (Lipinski definition) is 5. The molecule has 2 aromatic rings. The van der Waals surface area contributed by atoms with Crippen molar-refractivity contribution in [1.29, 1.82) is 0 Å². The van der Waals surface area contributed by atoms with E-state index in [1.807, 2.05) is 0 Å². The summed E-state index contributed by atoms with van der Waals surface area (Å²) in [5.74, 6) is 0.610. The van der Waals surface area contributed by atoms with E-state index in [4.69, 9.17) is 9.47 Å². The van der Waals surface area contributed by atoms with Crippen molar-refractivity contribution in [3.8, 4) is 11.5 Å². The van der Waals surface area contributed by atoms with Gasteiger partial charge in [-0.05, 0) is 48.5 Å². The maximum Gasteiger partial charge on any atom is 0.269 e. The number of amides is 2. The van der Waals surface area contributed by atoms with Gasteiger partial charge in [0.25, 0.3) is 11.8 Å². The molecule has 24 heavy (non-hydrogen) atoms. The Kier molecular flexibility index (Phi) is 6.01. The first-order valence-corrected chi connectivity index (χ1v) is 7.23. The van der Waals surface area contributed by atoms with Crippen molar-refractivity contribution in [2.45, 2.75) is 0 Å². The molecule has 0 atom stereocenters. The summed E-state index contributed by atoms with van der Waals surface area (Å²) in [6.45, 7) is 0.0230. The minimum absolute atomic E-state index is 0.0230. The van der Waals surface area contributed by atoms with Crippen molar-refractivity contribution in [2.24, 2.45) is 0 Å². The third-order valence-corrected chi connectivity index (χ3v) is 3.21. The van der Waals surface area contributed by atoms with Crippen molar-refractivity contribution >= 4 is 17.5 Å². The zero-order valence-corrected chi connectivity index (χ0v) is 13.5. The van der Waals surface area contributed by atoms with Crippen LogP contribution in [0.5, 0.6) is 11.5 Å². The summed E-state index contributed by atoms with van der Waals surface area (Å²) in [6.07, 6.45) is 0. The van der Waals surface area contributed by atoms with Crippen LogP contribution in [0.3, 0.4) is 0 Å². The van der Waals surface area contributed by atoms with Crippen LogP contribution in [0.15, 0.2) is 48.5 Å². The lowest BCUT2D eigenvalue weighted by Gasteiger charge is -2.10. The number of carbonyl (C=O) groups excluding carboxylic acids is 2. The summed E-state index contributed by atoms with van der Waals surface area (Å²) >= 11 is 0. The van der Waals surface area contributed by atoms with Crippen LogP contribution in [0.2, 0.25) is 0 Å². The molecule has 0 aliphatic rings. The van der Waals surface area contributed by atoms with Gasteiger partial charge < -0.3 is 14.8 Å². The summed E-state index contributed by atoms with van der Waals surface area (Å²) in [5.41, 5.74) is 5.88. The van der Waals surface area contributed by atoms with E-state index < -0.39 is 5.91 Å². The van der Waals surface area contributed by atoms with Crippen LogP contribution in [-0.4, -0.2) is 32.6 Å². The van der Waals surface area contributed by atoms with E-state index in [1.54, 1.807) is 62.8 Å². The molecule has 0 aromatic heterocycles. The van der Waals surface area contributed by atoms with E-state index in [9.17, 15) is 9.59 Å². The fourth-order valence-corrected chi connectivity index (χ4v) is 1.88. The summed E-state index contributed by atoms with van der Waals surface area (Å²) in [7, 11) is 3.13. The Morgan fingerprint density at radius 1 is 0.833 bits per heavy atom. The Morgan fingerprint density at radius 2 is 1.38 bits per heavy atom. The van der Waals surface area contributed by atoms with E-state index in [2.05, 4.69) is 16.2 Å². The van der Waals surface area contributed by atoms with Crippen LogP contribution in [0.1, 0.15) is 10.4 Å². The van der Waals surface area contributed by atoms with Gasteiger partial charge in [0.15, 0.2) is 0 Å². The van der Waals surface area contributed by atoms with Crippen molar-refractivity contribution in [3.63, 3.8) is 0 Å². The maximum absolute atomic E-state index is 11.9. The van der Waals surface area contributed by atoms with E-state index >= 15 is 0 Å². The molecule has 0 aliphatic heterocycles. The molecule has 0 saturated carbocycles. The monoisotopic (exact) mass is 329 g/mol. The van der Waals surface area contributed by atoms with Crippen molar-refractivity contribution in [3.05, 3.63) is 54.1 Å². The second kappa shape index (κ2) is 8.42. The average molecular weight is 329 g/mol. The third kappa shape index (κ3) is 4.91. The van der Waals surface area contributed by atoms with Crippen LogP contribution in [0, 0.1) is 0 Å². The first kappa shape index (κ1) is 17.1. The van der Waals surface area contributed by atoms with Gasteiger partial charge in [0.1, 0.15) is 11.5 Å². The molecule has 2 aromatic carbocycles. The van der Waals surface area contributed by atoms with Crippen molar-refractivity contribution in [1.82, 2.24) is 10.9 Å². The fraction of sp³-hybridized carbons (Fsp3) is 0.176. The molecular formula is C17H19N3O4. The molecule has 0 fully saturated rings. The SMILES string of the molecule is COc1ccc(NCC(=O)NNC(=O)c2ccc(OC)cc2)cc1. The Labute approximate surface area is 139 Å². The third-order valence-electron chi connectivity index (χ3n) is 3.21. The molecule has 0 bridgehead atoms. The van der Waals surface area contributed by atoms with Crippen LogP contribution >= 0.6 is 0 Å². The Balaban J connectivity index is 1.76. The van der Waals surface area contributed by atoms with Gasteiger partial charge in [0, 0.05) is 11.3 Å². The predicted octanol–water partition coefficient (Wildman–Crippen LogP) is 1.58. The molecule has 0 radical (unpaired) electrons. The van der Waals surface area contributed by atoms with Crippen LogP contribution < -0.4 is 25.6 Å². The van der Waals surface area contributed by atoms with Gasteiger partial charge in [0.2, 0.25) is 0 Å². The number of anilines is 1. The van der Waals surface area contributed by atoms with Gasteiger partial charge in [-0.25, -0.2) is 0 Å². The van der Waals surface area contributed by atoms with Gasteiger partial charge >= 0.3 is 0 Å². The molecule has 0 unspecified atom stereocenters. The van der Waals surface area contributed by atoms with E-state index in [0.29, 0.717) is 11.3 Å². The largest absolute Gasteiger partial charge is 0.497 e.